The third-order valence-corrected chi connectivity index (χ3v) is 3.75. The normalized spacial score (nSPS) is 18.2. The van der Waals surface area contributed by atoms with Crippen LogP contribution in [0.3, 0.4) is 0 Å². The van der Waals surface area contributed by atoms with E-state index >= 15 is 0 Å². The molecule has 4 heteroatoms. The highest BCUT2D eigenvalue weighted by Crippen LogP contribution is 2.27. The molecule has 1 unspecified atom stereocenters. The van der Waals surface area contributed by atoms with E-state index in [1.165, 1.54) is 11.6 Å². The average Bonchev–Trinajstić information content (AvgIpc) is 2.97. The molecule has 102 valence electrons. The summed E-state index contributed by atoms with van der Waals surface area (Å²) in [5.74, 6) is 0.289. The molecule has 3 rings (SSSR count). The van der Waals surface area contributed by atoms with E-state index in [4.69, 9.17) is 0 Å². The van der Waals surface area contributed by atoms with Gasteiger partial charge in [0.05, 0.1) is 0 Å². The summed E-state index contributed by atoms with van der Waals surface area (Å²) >= 11 is 0. The van der Waals surface area contributed by atoms with E-state index in [1.54, 1.807) is 12.1 Å². The van der Waals surface area contributed by atoms with Crippen molar-refractivity contribution in [2.75, 3.05) is 13.1 Å². The van der Waals surface area contributed by atoms with Crippen LogP contribution in [0.25, 0.3) is 0 Å². The molecule has 1 N–H and O–H groups in total. The molecule has 2 aromatic rings. The van der Waals surface area contributed by atoms with Crippen LogP contribution in [0.4, 0.5) is 0 Å². The molecule has 20 heavy (non-hydrogen) atoms. The van der Waals surface area contributed by atoms with Crippen molar-refractivity contribution in [2.24, 2.45) is 0 Å². The fourth-order valence-electron chi connectivity index (χ4n) is 2.68. The molecule has 1 aliphatic heterocycles. The lowest BCUT2D eigenvalue weighted by molar-refractivity contribution is 0.0784. The number of carbonyl (C=O) groups excluding carboxylic acids is 1. The first-order chi connectivity index (χ1) is 9.74. The van der Waals surface area contributed by atoms with Gasteiger partial charge in [-0.3, -0.25) is 9.59 Å². The highest BCUT2D eigenvalue weighted by molar-refractivity contribution is 5.92. The minimum atomic E-state index is -0.241. The molecule has 2 heterocycles. The van der Waals surface area contributed by atoms with Crippen molar-refractivity contribution >= 4 is 5.91 Å². The van der Waals surface area contributed by atoms with Gasteiger partial charge in [0.2, 0.25) is 5.56 Å². The Morgan fingerprint density at radius 1 is 1.10 bits per heavy atom. The van der Waals surface area contributed by atoms with Crippen LogP contribution in [0.5, 0.6) is 0 Å². The quantitative estimate of drug-likeness (QED) is 0.905. The van der Waals surface area contributed by atoms with E-state index in [0.717, 1.165) is 13.0 Å². The van der Waals surface area contributed by atoms with Gasteiger partial charge in [-0.05, 0) is 18.1 Å². The van der Waals surface area contributed by atoms with Gasteiger partial charge in [-0.25, -0.2) is 0 Å². The highest BCUT2D eigenvalue weighted by Gasteiger charge is 2.28. The predicted molar refractivity (Wildman–Crippen MR) is 76.8 cm³/mol. The second kappa shape index (κ2) is 5.33. The summed E-state index contributed by atoms with van der Waals surface area (Å²) in [5.41, 5.74) is 1.39. The number of pyridine rings is 1. The smallest absolute Gasteiger partial charge is 0.270 e. The fraction of sp³-hybridized carbons (Fsp3) is 0.250. The van der Waals surface area contributed by atoms with Crippen LogP contribution >= 0.6 is 0 Å². The van der Waals surface area contributed by atoms with Gasteiger partial charge >= 0.3 is 0 Å². The Morgan fingerprint density at radius 3 is 2.65 bits per heavy atom. The Balaban J connectivity index is 1.74. The van der Waals surface area contributed by atoms with E-state index in [-0.39, 0.29) is 11.5 Å². The number of nitrogens with one attached hydrogen (secondary N) is 1. The zero-order valence-corrected chi connectivity index (χ0v) is 11.1. The number of H-pyrrole nitrogens is 1. The van der Waals surface area contributed by atoms with Crippen molar-refractivity contribution in [1.29, 1.82) is 0 Å². The number of hydrogen-bond donors (Lipinski definition) is 1. The van der Waals surface area contributed by atoms with Crippen LogP contribution in [0.2, 0.25) is 0 Å². The number of benzene rings is 1. The summed E-state index contributed by atoms with van der Waals surface area (Å²) in [4.78, 5) is 28.0. The topological polar surface area (TPSA) is 53.2 Å². The largest absolute Gasteiger partial charge is 0.337 e. The number of nitrogens with zero attached hydrogens (tertiary/aromatic N) is 1. The number of rotatable bonds is 2. The summed E-state index contributed by atoms with van der Waals surface area (Å²) in [7, 11) is 0. The molecular formula is C16H16N2O2. The van der Waals surface area contributed by atoms with Crippen molar-refractivity contribution in [1.82, 2.24) is 9.88 Å². The van der Waals surface area contributed by atoms with Crippen LogP contribution in [-0.2, 0) is 0 Å². The summed E-state index contributed by atoms with van der Waals surface area (Å²) in [6.07, 6.45) is 0.965. The summed E-state index contributed by atoms with van der Waals surface area (Å²) in [6, 6.07) is 14.9. The standard InChI is InChI=1S/C16H16N2O2/c19-15-8-4-7-14(17-15)16(20)18-10-9-13(11-18)12-5-2-1-3-6-12/h1-8,13H,9-11H2,(H,17,19). The van der Waals surface area contributed by atoms with Crippen molar-refractivity contribution in [3.8, 4) is 0 Å². The number of carbonyl (C=O) groups is 1. The third-order valence-electron chi connectivity index (χ3n) is 3.75. The van der Waals surface area contributed by atoms with Crippen molar-refractivity contribution in [3.63, 3.8) is 0 Å². The van der Waals surface area contributed by atoms with Crippen LogP contribution in [0.1, 0.15) is 28.4 Å². The van der Waals surface area contributed by atoms with Crippen molar-refractivity contribution in [2.45, 2.75) is 12.3 Å². The summed E-state index contributed by atoms with van der Waals surface area (Å²) in [5, 5.41) is 0. The second-order valence-electron chi connectivity index (χ2n) is 5.08. The first kappa shape index (κ1) is 12.7. The zero-order valence-electron chi connectivity index (χ0n) is 11.1. The van der Waals surface area contributed by atoms with Gasteiger partial charge in [0, 0.05) is 25.1 Å². The van der Waals surface area contributed by atoms with E-state index in [0.29, 0.717) is 18.2 Å². The first-order valence-corrected chi connectivity index (χ1v) is 6.77. The molecule has 1 fully saturated rings. The number of aromatic amines is 1. The molecular weight excluding hydrogens is 252 g/mol. The van der Waals surface area contributed by atoms with Gasteiger partial charge in [0.25, 0.3) is 5.91 Å². The Bertz CT molecular complexity index is 663. The van der Waals surface area contributed by atoms with Crippen molar-refractivity contribution < 1.29 is 4.79 Å². The number of aromatic nitrogens is 1. The van der Waals surface area contributed by atoms with Gasteiger partial charge in [-0.15, -0.1) is 0 Å². The van der Waals surface area contributed by atoms with E-state index in [2.05, 4.69) is 17.1 Å². The highest BCUT2D eigenvalue weighted by atomic mass is 16.2. The van der Waals surface area contributed by atoms with Gasteiger partial charge < -0.3 is 9.88 Å². The molecule has 1 saturated heterocycles. The molecule has 0 bridgehead atoms. The van der Waals surface area contributed by atoms with E-state index in [9.17, 15) is 9.59 Å². The van der Waals surface area contributed by atoms with Gasteiger partial charge in [0.1, 0.15) is 5.69 Å². The molecule has 0 radical (unpaired) electrons. The average molecular weight is 268 g/mol. The lowest BCUT2D eigenvalue weighted by Crippen LogP contribution is -2.30. The SMILES string of the molecule is O=C(c1cccc(=O)[nH]1)N1CCC(c2ccccc2)C1. The first-order valence-electron chi connectivity index (χ1n) is 6.77. The van der Waals surface area contributed by atoms with Gasteiger partial charge in [-0.1, -0.05) is 36.4 Å². The Kier molecular flexibility index (Phi) is 3.37. The lowest BCUT2D eigenvalue weighted by atomic mass is 9.99. The maximum atomic E-state index is 12.3. The monoisotopic (exact) mass is 268 g/mol. The minimum Gasteiger partial charge on any atom is -0.337 e. The predicted octanol–water partition coefficient (Wildman–Crippen LogP) is 2.00. The van der Waals surface area contributed by atoms with Crippen LogP contribution in [-0.4, -0.2) is 28.9 Å². The van der Waals surface area contributed by atoms with E-state index < -0.39 is 0 Å². The van der Waals surface area contributed by atoms with E-state index in [1.807, 2.05) is 23.1 Å². The number of hydrogen-bond acceptors (Lipinski definition) is 2. The Labute approximate surface area is 117 Å². The lowest BCUT2D eigenvalue weighted by Gasteiger charge is -2.16. The fourth-order valence-corrected chi connectivity index (χ4v) is 2.68. The zero-order chi connectivity index (χ0) is 13.9. The second-order valence-corrected chi connectivity index (χ2v) is 5.08. The molecule has 0 saturated carbocycles. The Morgan fingerprint density at radius 2 is 1.90 bits per heavy atom. The molecule has 4 nitrogen and oxygen atoms in total. The maximum absolute atomic E-state index is 12.3. The number of amides is 1. The molecule has 1 aliphatic rings. The Hall–Kier alpha value is -2.36. The van der Waals surface area contributed by atoms with Crippen molar-refractivity contribution in [3.05, 3.63) is 70.1 Å². The minimum absolute atomic E-state index is 0.0962. The third kappa shape index (κ3) is 2.50. The van der Waals surface area contributed by atoms with Crippen LogP contribution in [0, 0.1) is 0 Å². The molecule has 1 aromatic carbocycles. The maximum Gasteiger partial charge on any atom is 0.270 e. The van der Waals surface area contributed by atoms with Gasteiger partial charge in [-0.2, -0.15) is 0 Å². The molecule has 1 aromatic heterocycles. The van der Waals surface area contributed by atoms with Crippen LogP contribution < -0.4 is 5.56 Å². The molecule has 1 amide bonds. The summed E-state index contributed by atoms with van der Waals surface area (Å²) in [6.45, 7) is 1.44. The molecule has 0 aliphatic carbocycles. The molecule has 1 atom stereocenters. The molecule has 0 spiro atoms. The van der Waals surface area contributed by atoms with Crippen LogP contribution in [0.15, 0.2) is 53.3 Å². The summed E-state index contributed by atoms with van der Waals surface area (Å²) < 4.78 is 0. The van der Waals surface area contributed by atoms with Gasteiger partial charge in [0.15, 0.2) is 0 Å². The number of likely N-dealkylation sites (tertiary alicyclic amines) is 1.